The summed E-state index contributed by atoms with van der Waals surface area (Å²) in [6.45, 7) is 7.74. The van der Waals surface area contributed by atoms with Crippen molar-refractivity contribution in [2.24, 2.45) is 5.41 Å². The zero-order valence-electron chi connectivity index (χ0n) is 11.4. The van der Waals surface area contributed by atoms with Crippen LogP contribution in [0, 0.1) is 5.41 Å². The molecule has 1 aromatic heterocycles. The van der Waals surface area contributed by atoms with Crippen LogP contribution in [0.15, 0.2) is 6.20 Å². The molecule has 0 aliphatic heterocycles. The van der Waals surface area contributed by atoms with Gasteiger partial charge in [-0.25, -0.2) is 4.68 Å². The van der Waals surface area contributed by atoms with Crippen molar-refractivity contribution in [2.45, 2.75) is 46.3 Å². The topological polar surface area (TPSA) is 83.2 Å². The van der Waals surface area contributed by atoms with Gasteiger partial charge in [-0.15, -0.1) is 5.10 Å². The van der Waals surface area contributed by atoms with Gasteiger partial charge in [-0.2, -0.15) is 0 Å². The first-order valence-corrected chi connectivity index (χ1v) is 6.31. The van der Waals surface area contributed by atoms with Crippen LogP contribution in [0.5, 0.6) is 0 Å². The van der Waals surface area contributed by atoms with E-state index < -0.39 is 0 Å². The van der Waals surface area contributed by atoms with Crippen LogP contribution in [0.1, 0.15) is 32.9 Å². The van der Waals surface area contributed by atoms with Gasteiger partial charge in [-0.3, -0.25) is 0 Å². The number of nitrogens with one attached hydrogen (secondary N) is 1. The Morgan fingerprint density at radius 2 is 2.06 bits per heavy atom. The fourth-order valence-electron chi connectivity index (χ4n) is 1.83. The maximum atomic E-state index is 9.07. The van der Waals surface area contributed by atoms with E-state index in [0.29, 0.717) is 19.5 Å². The highest BCUT2D eigenvalue weighted by atomic mass is 16.3. The maximum Gasteiger partial charge on any atom is 0.0964 e. The van der Waals surface area contributed by atoms with Gasteiger partial charge in [0.05, 0.1) is 18.8 Å². The summed E-state index contributed by atoms with van der Waals surface area (Å²) in [7, 11) is 0. The van der Waals surface area contributed by atoms with Crippen LogP contribution >= 0.6 is 0 Å². The van der Waals surface area contributed by atoms with Crippen LogP contribution in [0.3, 0.4) is 0 Å². The summed E-state index contributed by atoms with van der Waals surface area (Å²) in [4.78, 5) is 0. The highest BCUT2D eigenvalue weighted by Gasteiger charge is 2.23. The molecule has 3 N–H and O–H groups in total. The van der Waals surface area contributed by atoms with Crippen molar-refractivity contribution in [3.8, 4) is 0 Å². The Morgan fingerprint density at radius 3 is 2.61 bits per heavy atom. The summed E-state index contributed by atoms with van der Waals surface area (Å²) in [5.41, 5.74) is 0.930. The largest absolute Gasteiger partial charge is 0.396 e. The molecule has 0 saturated carbocycles. The first kappa shape index (κ1) is 15.1. The second kappa shape index (κ2) is 6.82. The predicted molar refractivity (Wildman–Crippen MR) is 68.9 cm³/mol. The molecule has 1 unspecified atom stereocenters. The number of aliphatic hydroxyl groups excluding tert-OH is 2. The van der Waals surface area contributed by atoms with Crippen molar-refractivity contribution < 1.29 is 10.2 Å². The second-order valence-corrected chi connectivity index (χ2v) is 5.51. The first-order valence-electron chi connectivity index (χ1n) is 6.31. The predicted octanol–water partition coefficient (Wildman–Crippen LogP) is 0.157. The Hall–Kier alpha value is -0.980. The molecule has 1 rings (SSSR count). The molecule has 1 heterocycles. The molecule has 0 aliphatic rings. The van der Waals surface area contributed by atoms with Gasteiger partial charge in [-0.1, -0.05) is 26.0 Å². The molecule has 1 atom stereocenters. The SMILES string of the molecule is CC(C)(C)C(CCO)NCc1cn(CCO)nn1. The minimum Gasteiger partial charge on any atom is -0.396 e. The fourth-order valence-corrected chi connectivity index (χ4v) is 1.83. The maximum absolute atomic E-state index is 9.07. The lowest BCUT2D eigenvalue weighted by molar-refractivity contribution is 0.196. The molecule has 0 aromatic carbocycles. The van der Waals surface area contributed by atoms with Crippen molar-refractivity contribution >= 4 is 0 Å². The van der Waals surface area contributed by atoms with Gasteiger partial charge < -0.3 is 15.5 Å². The highest BCUT2D eigenvalue weighted by Crippen LogP contribution is 2.21. The minimum atomic E-state index is 0.0609. The summed E-state index contributed by atoms with van der Waals surface area (Å²) in [5.74, 6) is 0. The third-order valence-electron chi connectivity index (χ3n) is 2.91. The molecule has 6 nitrogen and oxygen atoms in total. The molecule has 0 spiro atoms. The molecular formula is C12H24N4O2. The number of aliphatic hydroxyl groups is 2. The van der Waals surface area contributed by atoms with Gasteiger partial charge >= 0.3 is 0 Å². The Bertz CT molecular complexity index is 346. The molecule has 0 aliphatic carbocycles. The van der Waals surface area contributed by atoms with Crippen molar-refractivity contribution in [1.29, 1.82) is 0 Å². The van der Waals surface area contributed by atoms with Gasteiger partial charge in [0.15, 0.2) is 0 Å². The zero-order chi connectivity index (χ0) is 13.6. The minimum absolute atomic E-state index is 0.0609. The van der Waals surface area contributed by atoms with E-state index in [9.17, 15) is 0 Å². The lowest BCUT2D eigenvalue weighted by atomic mass is 9.85. The summed E-state index contributed by atoms with van der Waals surface area (Å²) < 4.78 is 1.62. The van der Waals surface area contributed by atoms with Gasteiger partial charge in [0.2, 0.25) is 0 Å². The van der Waals surface area contributed by atoms with Crippen molar-refractivity contribution in [3.05, 3.63) is 11.9 Å². The monoisotopic (exact) mass is 256 g/mol. The van der Waals surface area contributed by atoms with E-state index >= 15 is 0 Å². The summed E-state index contributed by atoms with van der Waals surface area (Å²) in [5, 5.41) is 29.2. The first-order chi connectivity index (χ1) is 8.47. The summed E-state index contributed by atoms with van der Waals surface area (Å²) in [6, 6.07) is 0.227. The van der Waals surface area contributed by atoms with E-state index in [4.69, 9.17) is 10.2 Å². The number of hydrogen-bond donors (Lipinski definition) is 3. The molecule has 0 radical (unpaired) electrons. The normalized spacial score (nSPS) is 13.8. The van der Waals surface area contributed by atoms with Gasteiger partial charge in [0.1, 0.15) is 0 Å². The Labute approximate surface area is 108 Å². The Balaban J connectivity index is 2.50. The van der Waals surface area contributed by atoms with E-state index in [0.717, 1.165) is 5.69 Å². The van der Waals surface area contributed by atoms with E-state index in [1.165, 1.54) is 0 Å². The second-order valence-electron chi connectivity index (χ2n) is 5.51. The van der Waals surface area contributed by atoms with E-state index in [1.807, 2.05) is 6.20 Å². The summed E-state index contributed by atoms with van der Waals surface area (Å²) in [6.07, 6.45) is 2.54. The molecule has 1 aromatic rings. The summed E-state index contributed by atoms with van der Waals surface area (Å²) >= 11 is 0. The number of aromatic nitrogens is 3. The van der Waals surface area contributed by atoms with E-state index in [2.05, 4.69) is 36.4 Å². The standard InChI is InChI=1S/C12H24N4O2/c1-12(2,3)11(4-6-17)13-8-10-9-16(5-7-18)15-14-10/h9,11,13,17-18H,4-8H2,1-3H3. The molecule has 0 fully saturated rings. The van der Waals surface area contributed by atoms with Crippen molar-refractivity contribution in [1.82, 2.24) is 20.3 Å². The lowest BCUT2D eigenvalue weighted by Gasteiger charge is -2.31. The van der Waals surface area contributed by atoms with Crippen LogP contribution in [-0.4, -0.2) is 44.5 Å². The van der Waals surface area contributed by atoms with Crippen molar-refractivity contribution in [3.63, 3.8) is 0 Å². The Kier molecular flexibility index (Phi) is 5.71. The zero-order valence-corrected chi connectivity index (χ0v) is 11.4. The van der Waals surface area contributed by atoms with Crippen LogP contribution < -0.4 is 5.32 Å². The molecule has 0 bridgehead atoms. The molecule has 104 valence electrons. The van der Waals surface area contributed by atoms with E-state index in [1.54, 1.807) is 4.68 Å². The average molecular weight is 256 g/mol. The van der Waals surface area contributed by atoms with Crippen LogP contribution in [0.25, 0.3) is 0 Å². The third kappa shape index (κ3) is 4.72. The van der Waals surface area contributed by atoms with Crippen LogP contribution in [0.4, 0.5) is 0 Å². The van der Waals surface area contributed by atoms with E-state index in [-0.39, 0.29) is 24.7 Å². The van der Waals surface area contributed by atoms with Gasteiger partial charge in [-0.05, 0) is 11.8 Å². The van der Waals surface area contributed by atoms with Crippen molar-refractivity contribution in [2.75, 3.05) is 13.2 Å². The van der Waals surface area contributed by atoms with Crippen LogP contribution in [0.2, 0.25) is 0 Å². The molecule has 18 heavy (non-hydrogen) atoms. The third-order valence-corrected chi connectivity index (χ3v) is 2.91. The molecule has 0 amide bonds. The number of hydrogen-bond acceptors (Lipinski definition) is 5. The molecule has 0 saturated heterocycles. The Morgan fingerprint density at radius 1 is 1.33 bits per heavy atom. The average Bonchev–Trinajstić information content (AvgIpc) is 2.71. The molecular weight excluding hydrogens is 232 g/mol. The molecule has 6 heteroatoms. The van der Waals surface area contributed by atoms with Gasteiger partial charge in [0.25, 0.3) is 0 Å². The highest BCUT2D eigenvalue weighted by molar-refractivity contribution is 4.93. The van der Waals surface area contributed by atoms with Gasteiger partial charge in [0, 0.05) is 25.4 Å². The quantitative estimate of drug-likeness (QED) is 0.647. The number of rotatable bonds is 7. The number of nitrogens with zero attached hydrogens (tertiary/aromatic N) is 3. The van der Waals surface area contributed by atoms with Crippen LogP contribution in [-0.2, 0) is 13.1 Å². The lowest BCUT2D eigenvalue weighted by Crippen LogP contribution is -2.40. The fraction of sp³-hybridized carbons (Fsp3) is 0.833. The smallest absolute Gasteiger partial charge is 0.0964 e.